The van der Waals surface area contributed by atoms with Crippen LogP contribution in [0.4, 0.5) is 0 Å². The highest BCUT2D eigenvalue weighted by atomic mass is 16.6. The molecular formula is C18H32O5. The van der Waals surface area contributed by atoms with Crippen molar-refractivity contribution in [3.63, 3.8) is 0 Å². The first kappa shape index (κ1) is 18.7. The summed E-state index contributed by atoms with van der Waals surface area (Å²) in [5.41, 5.74) is 0. The van der Waals surface area contributed by atoms with Gasteiger partial charge < -0.3 is 19.3 Å². The van der Waals surface area contributed by atoms with Crippen LogP contribution in [-0.2, 0) is 19.0 Å². The van der Waals surface area contributed by atoms with Crippen LogP contribution in [0.2, 0.25) is 0 Å². The summed E-state index contributed by atoms with van der Waals surface area (Å²) < 4.78 is 16.2. The number of hydrogen-bond acceptors (Lipinski definition) is 5. The first-order valence-corrected chi connectivity index (χ1v) is 9.21. The zero-order chi connectivity index (χ0) is 16.7. The zero-order valence-electron chi connectivity index (χ0n) is 14.5. The monoisotopic (exact) mass is 328 g/mol. The highest BCUT2D eigenvalue weighted by molar-refractivity contribution is 5.72. The van der Waals surface area contributed by atoms with Gasteiger partial charge in [-0.2, -0.15) is 0 Å². The number of unbranched alkanes of at least 4 members (excludes halogenated alkanes) is 1. The van der Waals surface area contributed by atoms with E-state index in [2.05, 4.69) is 13.8 Å². The number of fused-ring (bicyclic) bond motifs is 1. The maximum Gasteiger partial charge on any atom is 0.309 e. The fourth-order valence-corrected chi connectivity index (χ4v) is 3.23. The molecule has 5 atom stereocenters. The van der Waals surface area contributed by atoms with E-state index in [0.717, 1.165) is 25.7 Å². The molecule has 23 heavy (non-hydrogen) atoms. The van der Waals surface area contributed by atoms with Crippen molar-refractivity contribution in [3.8, 4) is 0 Å². The van der Waals surface area contributed by atoms with Gasteiger partial charge in [0.2, 0.25) is 0 Å². The summed E-state index contributed by atoms with van der Waals surface area (Å²) in [5.74, 6) is 0.288. The molecule has 0 spiro atoms. The molecule has 1 saturated heterocycles. The second kappa shape index (κ2) is 9.60. The van der Waals surface area contributed by atoms with Gasteiger partial charge >= 0.3 is 5.97 Å². The molecule has 1 aliphatic carbocycles. The zero-order valence-corrected chi connectivity index (χ0v) is 14.5. The van der Waals surface area contributed by atoms with E-state index in [-0.39, 0.29) is 31.2 Å². The topological polar surface area (TPSA) is 68.3 Å². The summed E-state index contributed by atoms with van der Waals surface area (Å²) >= 11 is 0. The minimum Gasteiger partial charge on any atom is -0.463 e. The first-order chi connectivity index (χ1) is 11.1. The number of esters is 1. The Bertz CT molecular complexity index is 359. The van der Waals surface area contributed by atoms with Crippen LogP contribution in [0, 0.1) is 11.8 Å². The van der Waals surface area contributed by atoms with Gasteiger partial charge in [-0.05, 0) is 31.6 Å². The van der Waals surface area contributed by atoms with E-state index in [1.165, 1.54) is 19.3 Å². The Morgan fingerprint density at radius 3 is 2.74 bits per heavy atom. The highest BCUT2D eigenvalue weighted by Gasteiger charge is 2.46. The summed E-state index contributed by atoms with van der Waals surface area (Å²) in [6.07, 6.45) is 7.15. The van der Waals surface area contributed by atoms with Crippen molar-refractivity contribution in [2.45, 2.75) is 77.1 Å². The molecule has 1 heterocycles. The Labute approximate surface area is 139 Å². The third-order valence-electron chi connectivity index (χ3n) is 4.96. The molecule has 0 aromatic rings. The Balaban J connectivity index is 1.53. The number of hydrogen-bond donors (Lipinski definition) is 1. The summed E-state index contributed by atoms with van der Waals surface area (Å²) in [6.45, 7) is 5.28. The van der Waals surface area contributed by atoms with E-state index in [1.807, 2.05) is 0 Å². The number of carbonyl (C=O) groups is 1. The van der Waals surface area contributed by atoms with Gasteiger partial charge in [-0.15, -0.1) is 0 Å². The number of aliphatic hydroxyl groups excluding tert-OH is 1. The third kappa shape index (κ3) is 6.40. The predicted molar refractivity (Wildman–Crippen MR) is 87.1 cm³/mol. The molecule has 0 radical (unpaired) electrons. The minimum atomic E-state index is -0.740. The Morgan fingerprint density at radius 2 is 2.04 bits per heavy atom. The molecule has 1 aliphatic heterocycles. The molecule has 0 amide bonds. The quantitative estimate of drug-likeness (QED) is 0.466. The summed E-state index contributed by atoms with van der Waals surface area (Å²) in [7, 11) is 0. The number of carbonyl (C=O) groups excluding carboxylic acids is 1. The summed E-state index contributed by atoms with van der Waals surface area (Å²) in [6, 6.07) is 0. The molecule has 1 N–H and O–H groups in total. The van der Waals surface area contributed by atoms with Gasteiger partial charge in [0.15, 0.2) is 0 Å². The van der Waals surface area contributed by atoms with Crippen molar-refractivity contribution in [2.24, 2.45) is 11.8 Å². The van der Waals surface area contributed by atoms with Crippen LogP contribution in [0.25, 0.3) is 0 Å². The van der Waals surface area contributed by atoms with E-state index in [0.29, 0.717) is 18.6 Å². The van der Waals surface area contributed by atoms with E-state index in [1.54, 1.807) is 0 Å². The molecule has 0 aromatic heterocycles. The molecule has 2 fully saturated rings. The summed E-state index contributed by atoms with van der Waals surface area (Å²) in [5, 5.41) is 9.89. The third-order valence-corrected chi connectivity index (χ3v) is 4.96. The van der Waals surface area contributed by atoms with Crippen molar-refractivity contribution in [1.82, 2.24) is 0 Å². The van der Waals surface area contributed by atoms with Crippen LogP contribution in [0.5, 0.6) is 0 Å². The minimum absolute atomic E-state index is 0.0238. The van der Waals surface area contributed by atoms with Gasteiger partial charge in [0, 0.05) is 6.61 Å². The van der Waals surface area contributed by atoms with Gasteiger partial charge in [0.1, 0.15) is 12.7 Å². The molecule has 2 rings (SSSR count). The lowest BCUT2D eigenvalue weighted by Crippen LogP contribution is -2.29. The Kier molecular flexibility index (Phi) is 7.80. The standard InChI is InChI=1S/C18H32O5/c1-3-5-6-13(4-2)10-21-11-15(19)12-22-18(20)14-7-8-16-17(9-14)23-16/h13-17,19H,3-12H2,1-2H3. The van der Waals surface area contributed by atoms with Crippen molar-refractivity contribution >= 4 is 5.97 Å². The van der Waals surface area contributed by atoms with Crippen molar-refractivity contribution in [3.05, 3.63) is 0 Å². The molecule has 1 saturated carbocycles. The molecule has 2 aliphatic rings. The van der Waals surface area contributed by atoms with Crippen LogP contribution in [0.1, 0.15) is 58.8 Å². The fourth-order valence-electron chi connectivity index (χ4n) is 3.23. The lowest BCUT2D eigenvalue weighted by Gasteiger charge is -2.19. The number of ether oxygens (including phenoxy) is 3. The fraction of sp³-hybridized carbons (Fsp3) is 0.944. The Morgan fingerprint density at radius 1 is 1.22 bits per heavy atom. The second-order valence-electron chi connectivity index (χ2n) is 6.96. The number of epoxide rings is 1. The Hall–Kier alpha value is -0.650. The molecule has 134 valence electrons. The second-order valence-corrected chi connectivity index (χ2v) is 6.96. The lowest BCUT2D eigenvalue weighted by atomic mass is 9.89. The first-order valence-electron chi connectivity index (χ1n) is 9.21. The van der Waals surface area contributed by atoms with Crippen LogP contribution in [-0.4, -0.2) is 49.2 Å². The van der Waals surface area contributed by atoms with Gasteiger partial charge in [-0.1, -0.05) is 33.1 Å². The van der Waals surface area contributed by atoms with E-state index in [4.69, 9.17) is 14.2 Å². The maximum atomic E-state index is 12.0. The smallest absolute Gasteiger partial charge is 0.309 e. The van der Waals surface area contributed by atoms with E-state index >= 15 is 0 Å². The van der Waals surface area contributed by atoms with E-state index < -0.39 is 6.10 Å². The number of rotatable bonds is 11. The average molecular weight is 328 g/mol. The van der Waals surface area contributed by atoms with Gasteiger partial charge in [-0.25, -0.2) is 0 Å². The highest BCUT2D eigenvalue weighted by Crippen LogP contribution is 2.39. The lowest BCUT2D eigenvalue weighted by molar-refractivity contribution is -0.153. The molecule has 5 nitrogen and oxygen atoms in total. The van der Waals surface area contributed by atoms with Crippen molar-refractivity contribution in [1.29, 1.82) is 0 Å². The van der Waals surface area contributed by atoms with Gasteiger partial charge in [0.25, 0.3) is 0 Å². The molecule has 5 heteroatoms. The largest absolute Gasteiger partial charge is 0.463 e. The van der Waals surface area contributed by atoms with Crippen LogP contribution in [0.15, 0.2) is 0 Å². The van der Waals surface area contributed by atoms with Crippen LogP contribution in [0.3, 0.4) is 0 Å². The van der Waals surface area contributed by atoms with Gasteiger partial charge in [-0.3, -0.25) is 4.79 Å². The average Bonchev–Trinajstić information content (AvgIpc) is 3.34. The number of aliphatic hydroxyl groups is 1. The van der Waals surface area contributed by atoms with Crippen molar-refractivity contribution < 1.29 is 24.1 Å². The van der Waals surface area contributed by atoms with Crippen LogP contribution >= 0.6 is 0 Å². The molecule has 0 bridgehead atoms. The van der Waals surface area contributed by atoms with Crippen molar-refractivity contribution in [2.75, 3.05) is 19.8 Å². The van der Waals surface area contributed by atoms with Gasteiger partial charge in [0.05, 0.1) is 24.7 Å². The molecule has 0 aromatic carbocycles. The molecular weight excluding hydrogens is 296 g/mol. The SMILES string of the molecule is CCCCC(CC)COCC(O)COC(=O)C1CCC2OC2C1. The molecule has 5 unspecified atom stereocenters. The predicted octanol–water partition coefficient (Wildman–Crippen LogP) is 2.69. The summed E-state index contributed by atoms with van der Waals surface area (Å²) in [4.78, 5) is 12.0. The normalized spacial score (nSPS) is 28.7. The van der Waals surface area contributed by atoms with E-state index in [9.17, 15) is 9.90 Å². The maximum absolute atomic E-state index is 12.0. The van der Waals surface area contributed by atoms with Crippen LogP contribution < -0.4 is 0 Å².